The van der Waals surface area contributed by atoms with E-state index in [4.69, 9.17) is 5.73 Å². The third-order valence-electron chi connectivity index (χ3n) is 3.38. The largest absolute Gasteiger partial charge is 0.351 e. The van der Waals surface area contributed by atoms with Gasteiger partial charge in [0.05, 0.1) is 6.54 Å². The summed E-state index contributed by atoms with van der Waals surface area (Å²) in [6.45, 7) is 2.00. The molecule has 7 nitrogen and oxygen atoms in total. The van der Waals surface area contributed by atoms with E-state index in [1.807, 2.05) is 10.2 Å². The van der Waals surface area contributed by atoms with Gasteiger partial charge in [-0.2, -0.15) is 0 Å². The molecule has 0 saturated carbocycles. The van der Waals surface area contributed by atoms with Gasteiger partial charge in [-0.3, -0.25) is 19.8 Å². The fourth-order valence-electron chi connectivity index (χ4n) is 2.26. The molecule has 1 saturated heterocycles. The molecule has 4 amide bonds. The molecule has 2 rings (SSSR count). The maximum Gasteiger partial charge on any atom is 0.318 e. The van der Waals surface area contributed by atoms with Crippen molar-refractivity contribution in [2.45, 2.75) is 0 Å². The van der Waals surface area contributed by atoms with Crippen LogP contribution in [0.5, 0.6) is 0 Å². The van der Waals surface area contributed by atoms with Crippen molar-refractivity contribution in [3.8, 4) is 0 Å². The van der Waals surface area contributed by atoms with Crippen LogP contribution in [0.15, 0.2) is 24.3 Å². The predicted molar refractivity (Wildman–Crippen MR) is 76.5 cm³/mol. The first-order valence-corrected chi connectivity index (χ1v) is 6.82. The molecule has 22 heavy (non-hydrogen) atoms. The number of rotatable bonds is 3. The molecule has 0 aromatic heterocycles. The third kappa shape index (κ3) is 4.26. The molecule has 0 aliphatic carbocycles. The highest BCUT2D eigenvalue weighted by Crippen LogP contribution is 2.09. The maximum absolute atomic E-state index is 12.9. The monoisotopic (exact) mass is 308 g/mol. The van der Waals surface area contributed by atoms with E-state index in [0.717, 1.165) is 0 Å². The number of halogens is 1. The second-order valence-electron chi connectivity index (χ2n) is 4.99. The standard InChI is InChI=1S/C14H17FN4O3/c15-11-3-1-10(2-4-11)13(21)19-7-5-18(6-8-19)9-12(20)17-14(16)22/h1-4H,5-9H2,(H3,16,17,20,22). The van der Waals surface area contributed by atoms with Crippen molar-refractivity contribution in [3.63, 3.8) is 0 Å². The van der Waals surface area contributed by atoms with Crippen LogP contribution in [0.4, 0.5) is 9.18 Å². The molecule has 0 spiro atoms. The molecular formula is C14H17FN4O3. The molecule has 1 aliphatic rings. The molecule has 1 heterocycles. The highest BCUT2D eigenvalue weighted by molar-refractivity contribution is 5.95. The molecular weight excluding hydrogens is 291 g/mol. The predicted octanol–water partition coefficient (Wildman–Crippen LogP) is -0.222. The lowest BCUT2D eigenvalue weighted by Crippen LogP contribution is -2.51. The molecule has 1 aliphatic heterocycles. The minimum Gasteiger partial charge on any atom is -0.351 e. The molecule has 0 radical (unpaired) electrons. The highest BCUT2D eigenvalue weighted by atomic mass is 19.1. The number of piperazine rings is 1. The van der Waals surface area contributed by atoms with Gasteiger partial charge in [-0.25, -0.2) is 9.18 Å². The van der Waals surface area contributed by atoms with Gasteiger partial charge >= 0.3 is 6.03 Å². The highest BCUT2D eigenvalue weighted by Gasteiger charge is 2.23. The Hall–Kier alpha value is -2.48. The Morgan fingerprint density at radius 2 is 1.68 bits per heavy atom. The van der Waals surface area contributed by atoms with Gasteiger partial charge in [0.1, 0.15) is 5.82 Å². The first kappa shape index (κ1) is 15.9. The van der Waals surface area contributed by atoms with Crippen LogP contribution >= 0.6 is 0 Å². The topological polar surface area (TPSA) is 95.7 Å². The van der Waals surface area contributed by atoms with E-state index >= 15 is 0 Å². The summed E-state index contributed by atoms with van der Waals surface area (Å²) in [5.41, 5.74) is 5.30. The molecule has 0 atom stereocenters. The summed E-state index contributed by atoms with van der Waals surface area (Å²) in [7, 11) is 0. The average molecular weight is 308 g/mol. The summed E-state index contributed by atoms with van der Waals surface area (Å²) in [4.78, 5) is 37.7. The second kappa shape index (κ2) is 6.99. The van der Waals surface area contributed by atoms with Crippen molar-refractivity contribution in [2.24, 2.45) is 5.73 Å². The summed E-state index contributed by atoms with van der Waals surface area (Å²) in [5, 5.41) is 2.00. The van der Waals surface area contributed by atoms with E-state index in [0.29, 0.717) is 31.7 Å². The molecule has 8 heteroatoms. The Morgan fingerprint density at radius 3 is 2.23 bits per heavy atom. The lowest BCUT2D eigenvalue weighted by molar-refractivity contribution is -0.121. The molecule has 0 bridgehead atoms. The van der Waals surface area contributed by atoms with Crippen LogP contribution < -0.4 is 11.1 Å². The van der Waals surface area contributed by atoms with Crippen molar-refractivity contribution in [1.29, 1.82) is 0 Å². The minimum atomic E-state index is -0.880. The van der Waals surface area contributed by atoms with Gasteiger partial charge in [0.2, 0.25) is 5.91 Å². The normalized spacial score (nSPS) is 15.4. The lowest BCUT2D eigenvalue weighted by Gasteiger charge is -2.34. The van der Waals surface area contributed by atoms with Crippen molar-refractivity contribution >= 4 is 17.8 Å². The molecule has 0 unspecified atom stereocenters. The summed E-state index contributed by atoms with van der Waals surface area (Å²) < 4.78 is 12.9. The van der Waals surface area contributed by atoms with Crippen molar-refractivity contribution in [2.75, 3.05) is 32.7 Å². The summed E-state index contributed by atoms with van der Waals surface area (Å²) in [5.74, 6) is -1.02. The van der Waals surface area contributed by atoms with E-state index in [9.17, 15) is 18.8 Å². The second-order valence-corrected chi connectivity index (χ2v) is 4.99. The molecule has 118 valence electrons. The van der Waals surface area contributed by atoms with Gasteiger partial charge in [0.25, 0.3) is 5.91 Å². The number of hydrogen-bond donors (Lipinski definition) is 2. The van der Waals surface area contributed by atoms with E-state index < -0.39 is 11.9 Å². The molecule has 1 aromatic rings. The average Bonchev–Trinajstić information content (AvgIpc) is 2.47. The van der Waals surface area contributed by atoms with Crippen LogP contribution in [-0.2, 0) is 4.79 Å². The van der Waals surface area contributed by atoms with Crippen LogP contribution in [0.2, 0.25) is 0 Å². The maximum atomic E-state index is 12.9. The first-order valence-electron chi connectivity index (χ1n) is 6.82. The number of imide groups is 1. The summed E-state index contributed by atoms with van der Waals surface area (Å²) >= 11 is 0. The van der Waals surface area contributed by atoms with Crippen molar-refractivity contribution in [1.82, 2.24) is 15.1 Å². The van der Waals surface area contributed by atoms with Crippen LogP contribution in [0.3, 0.4) is 0 Å². The van der Waals surface area contributed by atoms with Crippen LogP contribution in [0.1, 0.15) is 10.4 Å². The number of nitrogens with one attached hydrogen (secondary N) is 1. The zero-order chi connectivity index (χ0) is 16.1. The van der Waals surface area contributed by atoms with Crippen molar-refractivity contribution in [3.05, 3.63) is 35.6 Å². The summed E-state index contributed by atoms with van der Waals surface area (Å²) in [6, 6.07) is 4.51. The first-order chi connectivity index (χ1) is 10.5. The van der Waals surface area contributed by atoms with Crippen LogP contribution in [-0.4, -0.2) is 60.4 Å². The Bertz CT molecular complexity index is 568. The Balaban J connectivity index is 1.84. The fourth-order valence-corrected chi connectivity index (χ4v) is 2.26. The van der Waals surface area contributed by atoms with Gasteiger partial charge in [-0.1, -0.05) is 0 Å². The van der Waals surface area contributed by atoms with Gasteiger partial charge in [0.15, 0.2) is 0 Å². The zero-order valence-corrected chi connectivity index (χ0v) is 11.9. The Kier molecular flexibility index (Phi) is 5.05. The summed E-state index contributed by atoms with van der Waals surface area (Å²) in [6.07, 6.45) is 0. The van der Waals surface area contributed by atoms with E-state index in [2.05, 4.69) is 0 Å². The number of primary amides is 1. The third-order valence-corrected chi connectivity index (χ3v) is 3.38. The van der Waals surface area contributed by atoms with Crippen LogP contribution in [0.25, 0.3) is 0 Å². The van der Waals surface area contributed by atoms with Gasteiger partial charge in [-0.05, 0) is 24.3 Å². The molecule has 3 N–H and O–H groups in total. The van der Waals surface area contributed by atoms with Crippen molar-refractivity contribution < 1.29 is 18.8 Å². The Morgan fingerprint density at radius 1 is 1.09 bits per heavy atom. The SMILES string of the molecule is NC(=O)NC(=O)CN1CCN(C(=O)c2ccc(F)cc2)CC1. The number of hydrogen-bond acceptors (Lipinski definition) is 4. The molecule has 1 fully saturated rings. The quantitative estimate of drug-likeness (QED) is 0.807. The molecule has 1 aromatic carbocycles. The van der Waals surface area contributed by atoms with Gasteiger partial charge in [-0.15, -0.1) is 0 Å². The Labute approximate surface area is 126 Å². The number of urea groups is 1. The lowest BCUT2D eigenvalue weighted by atomic mass is 10.2. The smallest absolute Gasteiger partial charge is 0.318 e. The minimum absolute atomic E-state index is 0.0571. The van der Waals surface area contributed by atoms with Gasteiger partial charge in [0, 0.05) is 31.7 Å². The number of carbonyl (C=O) groups is 3. The number of benzene rings is 1. The number of amides is 4. The van der Waals surface area contributed by atoms with Crippen LogP contribution in [0, 0.1) is 5.82 Å². The van der Waals surface area contributed by atoms with E-state index in [1.54, 1.807) is 4.90 Å². The zero-order valence-electron chi connectivity index (χ0n) is 11.9. The number of nitrogens with two attached hydrogens (primary N) is 1. The number of carbonyl (C=O) groups excluding carboxylic acids is 3. The van der Waals surface area contributed by atoms with Gasteiger partial charge < -0.3 is 10.6 Å². The fraction of sp³-hybridized carbons (Fsp3) is 0.357. The number of nitrogens with zero attached hydrogens (tertiary/aromatic N) is 2. The van der Waals surface area contributed by atoms with E-state index in [-0.39, 0.29) is 18.3 Å². The van der Waals surface area contributed by atoms with E-state index in [1.165, 1.54) is 24.3 Å².